The highest BCUT2D eigenvalue weighted by Gasteiger charge is 2.41. The molecule has 2 heterocycles. The van der Waals surface area contributed by atoms with Crippen molar-refractivity contribution >= 4 is 35.3 Å². The van der Waals surface area contributed by atoms with E-state index in [1.807, 2.05) is 6.92 Å². The van der Waals surface area contributed by atoms with Crippen molar-refractivity contribution in [2.24, 2.45) is 0 Å². The maximum absolute atomic E-state index is 14.1. The fourth-order valence-corrected chi connectivity index (χ4v) is 3.60. The number of unbranched alkanes of at least 4 members (excludes halogenated alkanes) is 2. The van der Waals surface area contributed by atoms with Gasteiger partial charge in [-0.2, -0.15) is 13.2 Å². The highest BCUT2D eigenvalue weighted by molar-refractivity contribution is 6.31. The highest BCUT2D eigenvalue weighted by Crippen LogP contribution is 2.36. The Labute approximate surface area is 203 Å². The monoisotopic (exact) mass is 512 g/mol. The summed E-state index contributed by atoms with van der Waals surface area (Å²) in [5, 5.41) is 2.32. The SMILES string of the molecule is CCCCCNC(=O)c1ccc(N2C=CCN(C(=O)c3cc(Cl)cc(F)c3C(F)(F)F)C2=O)nc1. The zero-order chi connectivity index (χ0) is 25.8. The summed E-state index contributed by atoms with van der Waals surface area (Å²) >= 11 is 5.67. The molecule has 1 aromatic carbocycles. The molecule has 1 N–H and O–H groups in total. The number of urea groups is 1. The zero-order valence-corrected chi connectivity index (χ0v) is 19.3. The first kappa shape index (κ1) is 26.1. The summed E-state index contributed by atoms with van der Waals surface area (Å²) in [6, 6.07) is 2.88. The van der Waals surface area contributed by atoms with Gasteiger partial charge in [0.1, 0.15) is 17.2 Å². The molecule has 7 nitrogen and oxygen atoms in total. The number of amides is 4. The van der Waals surface area contributed by atoms with Crippen LogP contribution in [0.1, 0.15) is 52.5 Å². The molecule has 0 saturated carbocycles. The van der Waals surface area contributed by atoms with E-state index in [0.29, 0.717) is 23.6 Å². The zero-order valence-electron chi connectivity index (χ0n) is 18.5. The minimum Gasteiger partial charge on any atom is -0.352 e. The number of alkyl halides is 3. The van der Waals surface area contributed by atoms with Crippen LogP contribution in [0.2, 0.25) is 5.02 Å². The normalized spacial score (nSPS) is 13.8. The summed E-state index contributed by atoms with van der Waals surface area (Å²) in [5.41, 5.74) is -2.65. The lowest BCUT2D eigenvalue weighted by molar-refractivity contribution is -0.140. The molecule has 1 aromatic heterocycles. The van der Waals surface area contributed by atoms with Crippen LogP contribution in [0, 0.1) is 5.82 Å². The van der Waals surface area contributed by atoms with Crippen LogP contribution >= 0.6 is 11.6 Å². The summed E-state index contributed by atoms with van der Waals surface area (Å²) < 4.78 is 54.3. The summed E-state index contributed by atoms with van der Waals surface area (Å²) in [6.45, 7) is 2.19. The van der Waals surface area contributed by atoms with Gasteiger partial charge in [0.25, 0.3) is 11.8 Å². The second-order valence-corrected chi connectivity index (χ2v) is 8.07. The molecule has 3 rings (SSSR count). The van der Waals surface area contributed by atoms with Crippen molar-refractivity contribution in [2.45, 2.75) is 32.4 Å². The maximum Gasteiger partial charge on any atom is 0.420 e. The van der Waals surface area contributed by atoms with E-state index in [9.17, 15) is 31.9 Å². The Balaban J connectivity index is 1.81. The number of halogens is 5. The van der Waals surface area contributed by atoms with Gasteiger partial charge < -0.3 is 5.32 Å². The molecule has 0 spiro atoms. The molecule has 2 aromatic rings. The van der Waals surface area contributed by atoms with Gasteiger partial charge in [0.15, 0.2) is 0 Å². The average Bonchev–Trinajstić information content (AvgIpc) is 2.80. The van der Waals surface area contributed by atoms with Crippen LogP contribution in [-0.2, 0) is 6.18 Å². The number of carbonyl (C=O) groups is 3. The molecule has 1 aliphatic heterocycles. The summed E-state index contributed by atoms with van der Waals surface area (Å²) in [6.07, 6.45) is 1.50. The summed E-state index contributed by atoms with van der Waals surface area (Å²) in [5.74, 6) is -3.42. The number of imide groups is 1. The number of pyridine rings is 1. The third-order valence-corrected chi connectivity index (χ3v) is 5.33. The van der Waals surface area contributed by atoms with Crippen LogP contribution < -0.4 is 10.2 Å². The molecule has 12 heteroatoms. The van der Waals surface area contributed by atoms with Crippen molar-refractivity contribution in [3.05, 3.63) is 70.3 Å². The molecule has 1 aliphatic rings. The predicted molar refractivity (Wildman–Crippen MR) is 121 cm³/mol. The average molecular weight is 513 g/mol. The van der Waals surface area contributed by atoms with Gasteiger partial charge >= 0.3 is 12.2 Å². The molecule has 0 saturated heterocycles. The van der Waals surface area contributed by atoms with Crippen LogP contribution in [0.25, 0.3) is 0 Å². The Morgan fingerprint density at radius 3 is 2.57 bits per heavy atom. The molecule has 35 heavy (non-hydrogen) atoms. The van der Waals surface area contributed by atoms with Crippen molar-refractivity contribution in [1.82, 2.24) is 15.2 Å². The fourth-order valence-electron chi connectivity index (χ4n) is 3.39. The second kappa shape index (κ2) is 10.9. The van der Waals surface area contributed by atoms with Gasteiger partial charge in [0.05, 0.1) is 17.7 Å². The van der Waals surface area contributed by atoms with Crippen molar-refractivity contribution < 1.29 is 31.9 Å². The quantitative estimate of drug-likeness (QED) is 0.397. The Bertz CT molecular complexity index is 1150. The standard InChI is InChI=1S/C23H21ClF4N4O3/c1-2-3-4-8-29-20(33)14-6-7-18(30-13-14)31-9-5-10-32(22(31)35)21(34)16-11-15(24)12-17(25)19(16)23(26,27)28/h5-7,9,11-13H,2-4,8,10H2,1H3,(H,29,33). The maximum atomic E-state index is 14.1. The number of nitrogens with zero attached hydrogens (tertiary/aromatic N) is 3. The number of benzene rings is 1. The predicted octanol–water partition coefficient (Wildman–Crippen LogP) is 5.41. The minimum absolute atomic E-state index is 0.0274. The van der Waals surface area contributed by atoms with Crippen molar-refractivity contribution in [1.29, 1.82) is 0 Å². The van der Waals surface area contributed by atoms with E-state index >= 15 is 0 Å². The molecule has 0 fully saturated rings. The van der Waals surface area contributed by atoms with E-state index in [2.05, 4.69) is 10.3 Å². The molecule has 0 radical (unpaired) electrons. The molecule has 0 atom stereocenters. The lowest BCUT2D eigenvalue weighted by Gasteiger charge is -2.30. The van der Waals surface area contributed by atoms with Crippen molar-refractivity contribution in [3.8, 4) is 0 Å². The third kappa shape index (κ3) is 5.97. The number of nitrogens with one attached hydrogen (secondary N) is 1. The van der Waals surface area contributed by atoms with Crippen molar-refractivity contribution in [2.75, 3.05) is 18.0 Å². The molecule has 0 aliphatic carbocycles. The van der Waals surface area contributed by atoms with E-state index < -0.39 is 40.1 Å². The number of aromatic nitrogens is 1. The molecular weight excluding hydrogens is 492 g/mol. The van der Waals surface area contributed by atoms with E-state index in [1.165, 1.54) is 30.6 Å². The van der Waals surface area contributed by atoms with E-state index in [4.69, 9.17) is 11.6 Å². The largest absolute Gasteiger partial charge is 0.420 e. The number of hydrogen-bond donors (Lipinski definition) is 1. The van der Waals surface area contributed by atoms with Crippen LogP contribution in [-0.4, -0.2) is 40.8 Å². The minimum atomic E-state index is -5.19. The Kier molecular flexibility index (Phi) is 8.11. The first-order valence-corrected chi connectivity index (χ1v) is 11.0. The van der Waals surface area contributed by atoms with Gasteiger partial charge in [0.2, 0.25) is 0 Å². The Morgan fingerprint density at radius 1 is 1.20 bits per heavy atom. The first-order valence-electron chi connectivity index (χ1n) is 10.7. The van der Waals surface area contributed by atoms with Gasteiger partial charge in [-0.25, -0.2) is 14.2 Å². The molecule has 0 unspecified atom stereocenters. The van der Waals surface area contributed by atoms with Gasteiger partial charge in [-0.1, -0.05) is 31.4 Å². The number of anilines is 1. The van der Waals surface area contributed by atoms with E-state index in [-0.39, 0.29) is 23.8 Å². The second-order valence-electron chi connectivity index (χ2n) is 7.63. The molecule has 4 amide bonds. The van der Waals surface area contributed by atoms with Gasteiger partial charge in [0, 0.05) is 24.0 Å². The lowest BCUT2D eigenvalue weighted by atomic mass is 10.0. The first-order chi connectivity index (χ1) is 16.5. The van der Waals surface area contributed by atoms with Crippen LogP contribution in [0.3, 0.4) is 0 Å². The topological polar surface area (TPSA) is 82.6 Å². The summed E-state index contributed by atoms with van der Waals surface area (Å²) in [4.78, 5) is 43.5. The number of carbonyl (C=O) groups excluding carboxylic acids is 3. The number of rotatable bonds is 7. The molecule has 186 valence electrons. The smallest absolute Gasteiger partial charge is 0.352 e. The highest BCUT2D eigenvalue weighted by atomic mass is 35.5. The van der Waals surface area contributed by atoms with Gasteiger partial charge in [-0.3, -0.25) is 19.4 Å². The van der Waals surface area contributed by atoms with Crippen LogP contribution in [0.5, 0.6) is 0 Å². The van der Waals surface area contributed by atoms with E-state index in [1.54, 1.807) is 0 Å². The Hall–Kier alpha value is -3.47. The Morgan fingerprint density at radius 2 is 1.94 bits per heavy atom. The lowest BCUT2D eigenvalue weighted by Crippen LogP contribution is -2.47. The van der Waals surface area contributed by atoms with Gasteiger partial charge in [-0.15, -0.1) is 0 Å². The van der Waals surface area contributed by atoms with Crippen LogP contribution in [0.15, 0.2) is 42.7 Å². The van der Waals surface area contributed by atoms with Gasteiger partial charge in [-0.05, 0) is 36.8 Å². The number of hydrogen-bond acceptors (Lipinski definition) is 4. The van der Waals surface area contributed by atoms with E-state index in [0.717, 1.165) is 24.2 Å². The molecular formula is C23H21ClF4N4O3. The summed E-state index contributed by atoms with van der Waals surface area (Å²) in [7, 11) is 0. The fraction of sp³-hybridized carbons (Fsp3) is 0.304. The third-order valence-electron chi connectivity index (χ3n) is 5.12. The van der Waals surface area contributed by atoms with Crippen LogP contribution in [0.4, 0.5) is 28.2 Å². The molecule has 0 bridgehead atoms. The van der Waals surface area contributed by atoms with Crippen molar-refractivity contribution in [3.63, 3.8) is 0 Å².